The van der Waals surface area contributed by atoms with Gasteiger partial charge in [-0.1, -0.05) is 6.07 Å². The Morgan fingerprint density at radius 2 is 1.84 bits per heavy atom. The van der Waals surface area contributed by atoms with Crippen molar-refractivity contribution < 1.29 is 13.6 Å². The molecule has 0 aromatic heterocycles. The predicted octanol–water partition coefficient (Wildman–Crippen LogP) is 1.44. The molecule has 2 N–H and O–H groups in total. The topological polar surface area (TPSA) is 44.4 Å². The Bertz CT molecular complexity index is 404. The summed E-state index contributed by atoms with van der Waals surface area (Å²) in [5, 5.41) is 5.31. The lowest BCUT2D eigenvalue weighted by Crippen LogP contribution is -2.32. The normalized spacial score (nSPS) is 10.6. The van der Waals surface area contributed by atoms with Crippen LogP contribution in [-0.2, 0) is 4.79 Å². The first-order valence-corrected chi connectivity index (χ1v) is 6.10. The van der Waals surface area contributed by atoms with Crippen molar-refractivity contribution in [3.8, 4) is 0 Å². The number of carbonyl (C=O) groups is 1. The first-order valence-electron chi connectivity index (χ1n) is 6.10. The van der Waals surface area contributed by atoms with Crippen LogP contribution >= 0.6 is 0 Å². The van der Waals surface area contributed by atoms with Gasteiger partial charge in [-0.3, -0.25) is 4.79 Å². The van der Waals surface area contributed by atoms with E-state index < -0.39 is 11.6 Å². The fraction of sp³-hybridized carbons (Fsp3) is 0.462. The van der Waals surface area contributed by atoms with Gasteiger partial charge >= 0.3 is 0 Å². The fourth-order valence-corrected chi connectivity index (χ4v) is 1.48. The molecule has 0 aliphatic carbocycles. The van der Waals surface area contributed by atoms with E-state index in [-0.39, 0.29) is 24.6 Å². The molecule has 0 aliphatic rings. The van der Waals surface area contributed by atoms with Crippen LogP contribution in [0.3, 0.4) is 0 Å². The summed E-state index contributed by atoms with van der Waals surface area (Å²) in [5.74, 6) is -1.47. The van der Waals surface area contributed by atoms with Gasteiger partial charge < -0.3 is 15.5 Å². The molecule has 0 unspecified atom stereocenters. The lowest BCUT2D eigenvalue weighted by atomic mass is 10.3. The van der Waals surface area contributed by atoms with Gasteiger partial charge in [-0.05, 0) is 26.2 Å². The van der Waals surface area contributed by atoms with Gasteiger partial charge in [0.1, 0.15) is 17.3 Å². The molecule has 0 bridgehead atoms. The van der Waals surface area contributed by atoms with E-state index in [2.05, 4.69) is 10.6 Å². The molecule has 1 amide bonds. The molecule has 0 spiro atoms. The SMILES string of the molecule is CN(C)CCNC(=O)CCNc1c(F)cccc1F. The summed E-state index contributed by atoms with van der Waals surface area (Å²) in [4.78, 5) is 13.4. The Kier molecular flexibility index (Phi) is 6.21. The number of carbonyl (C=O) groups excluding carboxylic acids is 1. The van der Waals surface area contributed by atoms with Gasteiger partial charge in [0.05, 0.1) is 0 Å². The first-order chi connectivity index (χ1) is 9.00. The first kappa shape index (κ1) is 15.4. The van der Waals surface area contributed by atoms with E-state index in [1.807, 2.05) is 19.0 Å². The maximum absolute atomic E-state index is 13.3. The molecule has 106 valence electrons. The Labute approximate surface area is 111 Å². The van der Waals surface area contributed by atoms with Crippen molar-refractivity contribution in [2.75, 3.05) is 39.0 Å². The molecule has 19 heavy (non-hydrogen) atoms. The Balaban J connectivity index is 2.28. The quantitative estimate of drug-likeness (QED) is 0.789. The molecule has 0 atom stereocenters. The zero-order valence-corrected chi connectivity index (χ0v) is 11.2. The Morgan fingerprint density at radius 3 is 2.42 bits per heavy atom. The van der Waals surface area contributed by atoms with E-state index in [0.29, 0.717) is 6.54 Å². The molecule has 1 aromatic carbocycles. The zero-order chi connectivity index (χ0) is 14.3. The molecule has 6 heteroatoms. The monoisotopic (exact) mass is 271 g/mol. The van der Waals surface area contributed by atoms with Crippen LogP contribution in [0.25, 0.3) is 0 Å². The van der Waals surface area contributed by atoms with Crippen LogP contribution in [0.2, 0.25) is 0 Å². The second kappa shape index (κ2) is 7.68. The van der Waals surface area contributed by atoms with Crippen molar-refractivity contribution in [1.29, 1.82) is 0 Å². The zero-order valence-electron chi connectivity index (χ0n) is 11.2. The molecule has 0 saturated heterocycles. The van der Waals surface area contributed by atoms with Crippen LogP contribution in [0.15, 0.2) is 18.2 Å². The predicted molar refractivity (Wildman–Crippen MR) is 71.0 cm³/mol. The number of hydrogen-bond donors (Lipinski definition) is 2. The molecule has 0 heterocycles. The summed E-state index contributed by atoms with van der Waals surface area (Å²) in [6.07, 6.45) is 0.168. The second-order valence-corrected chi connectivity index (χ2v) is 4.43. The van der Waals surface area contributed by atoms with Gasteiger partial charge in [0.2, 0.25) is 5.91 Å². The number of hydrogen-bond acceptors (Lipinski definition) is 3. The largest absolute Gasteiger partial charge is 0.380 e. The van der Waals surface area contributed by atoms with Gasteiger partial charge in [0.15, 0.2) is 0 Å². The van der Waals surface area contributed by atoms with Crippen LogP contribution < -0.4 is 10.6 Å². The molecular formula is C13H19F2N3O. The number of para-hydroxylation sites is 1. The summed E-state index contributed by atoms with van der Waals surface area (Å²) < 4.78 is 26.5. The summed E-state index contributed by atoms with van der Waals surface area (Å²) in [6, 6.07) is 3.63. The van der Waals surface area contributed by atoms with Crippen molar-refractivity contribution in [3.63, 3.8) is 0 Å². The van der Waals surface area contributed by atoms with E-state index in [1.54, 1.807) is 0 Å². The van der Waals surface area contributed by atoms with Crippen molar-refractivity contribution in [2.24, 2.45) is 0 Å². The highest BCUT2D eigenvalue weighted by Gasteiger charge is 2.08. The van der Waals surface area contributed by atoms with Crippen molar-refractivity contribution in [3.05, 3.63) is 29.8 Å². The maximum Gasteiger partial charge on any atom is 0.221 e. The summed E-state index contributed by atoms with van der Waals surface area (Å²) >= 11 is 0. The third kappa shape index (κ3) is 5.65. The molecule has 0 aliphatic heterocycles. The Morgan fingerprint density at radius 1 is 1.21 bits per heavy atom. The van der Waals surface area contributed by atoms with Crippen molar-refractivity contribution in [1.82, 2.24) is 10.2 Å². The highest BCUT2D eigenvalue weighted by Crippen LogP contribution is 2.17. The van der Waals surface area contributed by atoms with E-state index >= 15 is 0 Å². The average Bonchev–Trinajstić information content (AvgIpc) is 2.32. The minimum absolute atomic E-state index is 0.147. The fourth-order valence-electron chi connectivity index (χ4n) is 1.48. The number of benzene rings is 1. The highest BCUT2D eigenvalue weighted by molar-refractivity contribution is 5.76. The van der Waals surface area contributed by atoms with E-state index in [1.165, 1.54) is 18.2 Å². The molecule has 0 fully saturated rings. The molecule has 4 nitrogen and oxygen atoms in total. The summed E-state index contributed by atoms with van der Waals surface area (Å²) in [7, 11) is 3.82. The number of nitrogens with zero attached hydrogens (tertiary/aromatic N) is 1. The number of likely N-dealkylation sites (N-methyl/N-ethyl adjacent to an activating group) is 1. The van der Waals surface area contributed by atoms with Crippen LogP contribution in [0.4, 0.5) is 14.5 Å². The third-order valence-corrected chi connectivity index (χ3v) is 2.50. The summed E-state index contributed by atoms with van der Waals surface area (Å²) in [5.41, 5.74) is -0.191. The molecule has 1 aromatic rings. The molecule has 0 saturated carbocycles. The van der Waals surface area contributed by atoms with Gasteiger partial charge in [-0.2, -0.15) is 0 Å². The van der Waals surface area contributed by atoms with Gasteiger partial charge in [0.25, 0.3) is 0 Å². The number of halogens is 2. The summed E-state index contributed by atoms with van der Waals surface area (Å²) in [6.45, 7) is 1.49. The van der Waals surface area contributed by atoms with Gasteiger partial charge in [-0.15, -0.1) is 0 Å². The third-order valence-electron chi connectivity index (χ3n) is 2.50. The van der Waals surface area contributed by atoms with Crippen LogP contribution in [0, 0.1) is 11.6 Å². The lowest BCUT2D eigenvalue weighted by Gasteiger charge is -2.11. The number of rotatable bonds is 7. The average molecular weight is 271 g/mol. The smallest absolute Gasteiger partial charge is 0.221 e. The van der Waals surface area contributed by atoms with E-state index in [9.17, 15) is 13.6 Å². The van der Waals surface area contributed by atoms with Crippen LogP contribution in [0.5, 0.6) is 0 Å². The van der Waals surface area contributed by atoms with Crippen LogP contribution in [-0.4, -0.2) is 44.5 Å². The van der Waals surface area contributed by atoms with Gasteiger partial charge in [0, 0.05) is 26.1 Å². The van der Waals surface area contributed by atoms with E-state index in [4.69, 9.17) is 0 Å². The van der Waals surface area contributed by atoms with E-state index in [0.717, 1.165) is 6.54 Å². The maximum atomic E-state index is 13.3. The molecule has 0 radical (unpaired) electrons. The number of anilines is 1. The molecule has 1 rings (SSSR count). The van der Waals surface area contributed by atoms with Gasteiger partial charge in [-0.25, -0.2) is 8.78 Å². The van der Waals surface area contributed by atoms with Crippen molar-refractivity contribution in [2.45, 2.75) is 6.42 Å². The second-order valence-electron chi connectivity index (χ2n) is 4.43. The highest BCUT2D eigenvalue weighted by atomic mass is 19.1. The standard InChI is InChI=1S/C13H19F2N3O/c1-18(2)9-8-16-12(19)6-7-17-13-10(14)4-3-5-11(13)15/h3-5,17H,6-9H2,1-2H3,(H,16,19). The number of nitrogens with one attached hydrogen (secondary N) is 2. The van der Waals surface area contributed by atoms with Crippen LogP contribution in [0.1, 0.15) is 6.42 Å². The number of amides is 1. The Hall–Kier alpha value is -1.69. The minimum atomic E-state index is -0.659. The lowest BCUT2D eigenvalue weighted by molar-refractivity contribution is -0.120. The minimum Gasteiger partial charge on any atom is -0.380 e. The molecular weight excluding hydrogens is 252 g/mol. The van der Waals surface area contributed by atoms with Crippen molar-refractivity contribution >= 4 is 11.6 Å².